The number of rotatable bonds is 7. The highest BCUT2D eigenvalue weighted by Gasteiger charge is 2.28. The van der Waals surface area contributed by atoms with Crippen LogP contribution in [0.25, 0.3) is 0 Å². The summed E-state index contributed by atoms with van der Waals surface area (Å²) in [6, 6.07) is 12.7. The maximum atomic E-state index is 12.9. The van der Waals surface area contributed by atoms with Crippen LogP contribution in [0.3, 0.4) is 0 Å². The summed E-state index contributed by atoms with van der Waals surface area (Å²) in [5.74, 6) is 0.440. The molecule has 0 saturated carbocycles. The van der Waals surface area contributed by atoms with Crippen molar-refractivity contribution in [2.45, 2.75) is 19.1 Å². The van der Waals surface area contributed by atoms with Crippen molar-refractivity contribution in [2.75, 3.05) is 20.2 Å². The van der Waals surface area contributed by atoms with Gasteiger partial charge in [0.15, 0.2) is 12.6 Å². The molecular formula is C19H21F4N3O. The van der Waals surface area contributed by atoms with Crippen LogP contribution >= 0.6 is 0 Å². The second-order valence-corrected chi connectivity index (χ2v) is 5.78. The summed E-state index contributed by atoms with van der Waals surface area (Å²) in [6.45, 7) is -0.351. The zero-order chi connectivity index (χ0) is 19.7. The lowest BCUT2D eigenvalue weighted by molar-refractivity contribution is -0.153. The van der Waals surface area contributed by atoms with Gasteiger partial charge in [0, 0.05) is 20.1 Å². The quantitative estimate of drug-likeness (QED) is 0.436. The predicted octanol–water partition coefficient (Wildman–Crippen LogP) is 3.67. The van der Waals surface area contributed by atoms with Gasteiger partial charge in [-0.3, -0.25) is 4.99 Å². The van der Waals surface area contributed by atoms with E-state index in [0.717, 1.165) is 11.1 Å². The van der Waals surface area contributed by atoms with Crippen molar-refractivity contribution < 1.29 is 22.3 Å². The molecule has 0 aliphatic carbocycles. The molecule has 0 fully saturated rings. The molecule has 0 aliphatic heterocycles. The summed E-state index contributed by atoms with van der Waals surface area (Å²) in [4.78, 5) is 4.09. The first kappa shape index (κ1) is 20.5. The average molecular weight is 383 g/mol. The second kappa shape index (κ2) is 9.80. The van der Waals surface area contributed by atoms with E-state index >= 15 is 0 Å². The standard InChI is InChI=1S/C19H21F4N3O/c1-24-18(25-10-9-14-5-7-16(20)8-6-14)26-12-15-3-2-4-17(11-15)27-13-19(21,22)23/h2-8,11H,9-10,12-13H2,1H3,(H2,24,25,26). The van der Waals surface area contributed by atoms with Gasteiger partial charge in [0.05, 0.1) is 0 Å². The minimum atomic E-state index is -4.37. The predicted molar refractivity (Wildman–Crippen MR) is 96.3 cm³/mol. The molecule has 0 bridgehead atoms. The van der Waals surface area contributed by atoms with Gasteiger partial charge in [-0.05, 0) is 41.8 Å². The van der Waals surface area contributed by atoms with Crippen LogP contribution in [0.15, 0.2) is 53.5 Å². The number of guanidine groups is 1. The molecule has 0 spiro atoms. The molecule has 27 heavy (non-hydrogen) atoms. The number of ether oxygens (including phenoxy) is 1. The first-order chi connectivity index (χ1) is 12.9. The van der Waals surface area contributed by atoms with Crippen LogP contribution in [-0.2, 0) is 13.0 Å². The van der Waals surface area contributed by atoms with Crippen LogP contribution in [0.4, 0.5) is 17.6 Å². The van der Waals surface area contributed by atoms with Crippen LogP contribution in [0.1, 0.15) is 11.1 Å². The Morgan fingerprint density at radius 2 is 1.78 bits per heavy atom. The van der Waals surface area contributed by atoms with Gasteiger partial charge in [0.2, 0.25) is 0 Å². The van der Waals surface area contributed by atoms with Gasteiger partial charge < -0.3 is 15.4 Å². The minimum absolute atomic E-state index is 0.158. The zero-order valence-electron chi connectivity index (χ0n) is 14.8. The van der Waals surface area contributed by atoms with Crippen molar-refractivity contribution in [1.82, 2.24) is 10.6 Å². The Hall–Kier alpha value is -2.77. The number of hydrogen-bond donors (Lipinski definition) is 2. The van der Waals surface area contributed by atoms with Crippen molar-refractivity contribution in [1.29, 1.82) is 0 Å². The van der Waals surface area contributed by atoms with E-state index in [9.17, 15) is 17.6 Å². The monoisotopic (exact) mass is 383 g/mol. The van der Waals surface area contributed by atoms with Gasteiger partial charge in [-0.1, -0.05) is 24.3 Å². The second-order valence-electron chi connectivity index (χ2n) is 5.78. The Morgan fingerprint density at radius 1 is 1.04 bits per heavy atom. The summed E-state index contributed by atoms with van der Waals surface area (Å²) in [5.41, 5.74) is 1.75. The normalized spacial score (nSPS) is 12.0. The lowest BCUT2D eigenvalue weighted by atomic mass is 10.1. The molecule has 2 aromatic carbocycles. The third kappa shape index (κ3) is 7.98. The van der Waals surface area contributed by atoms with E-state index < -0.39 is 12.8 Å². The maximum absolute atomic E-state index is 12.9. The molecule has 2 aromatic rings. The van der Waals surface area contributed by atoms with Gasteiger partial charge in [-0.15, -0.1) is 0 Å². The van der Waals surface area contributed by atoms with Crippen LogP contribution < -0.4 is 15.4 Å². The van der Waals surface area contributed by atoms with E-state index in [-0.39, 0.29) is 11.6 Å². The highest BCUT2D eigenvalue weighted by molar-refractivity contribution is 5.79. The van der Waals surface area contributed by atoms with E-state index in [0.29, 0.717) is 25.5 Å². The molecule has 0 amide bonds. The molecule has 0 aliphatic rings. The third-order valence-electron chi connectivity index (χ3n) is 3.60. The van der Waals surface area contributed by atoms with E-state index in [2.05, 4.69) is 15.6 Å². The SMILES string of the molecule is CN=C(NCCc1ccc(F)cc1)NCc1cccc(OCC(F)(F)F)c1. The molecular weight excluding hydrogens is 362 g/mol. The van der Waals surface area contributed by atoms with Crippen molar-refractivity contribution >= 4 is 5.96 Å². The van der Waals surface area contributed by atoms with E-state index in [4.69, 9.17) is 4.74 Å². The maximum Gasteiger partial charge on any atom is 0.422 e. The number of alkyl halides is 3. The molecule has 2 rings (SSSR count). The molecule has 0 heterocycles. The summed E-state index contributed by atoms with van der Waals surface area (Å²) >= 11 is 0. The molecule has 0 aromatic heterocycles. The largest absolute Gasteiger partial charge is 0.484 e. The number of nitrogens with zero attached hydrogens (tertiary/aromatic N) is 1. The average Bonchev–Trinajstić information content (AvgIpc) is 2.64. The first-order valence-electron chi connectivity index (χ1n) is 8.33. The molecule has 0 unspecified atom stereocenters. The Morgan fingerprint density at radius 3 is 2.44 bits per heavy atom. The van der Waals surface area contributed by atoms with Gasteiger partial charge in [-0.2, -0.15) is 13.2 Å². The van der Waals surface area contributed by atoms with E-state index in [1.54, 1.807) is 37.4 Å². The first-order valence-corrected chi connectivity index (χ1v) is 8.33. The smallest absolute Gasteiger partial charge is 0.422 e. The van der Waals surface area contributed by atoms with Gasteiger partial charge in [-0.25, -0.2) is 4.39 Å². The van der Waals surface area contributed by atoms with Crippen molar-refractivity contribution in [3.63, 3.8) is 0 Å². The minimum Gasteiger partial charge on any atom is -0.484 e. The molecule has 0 atom stereocenters. The lowest BCUT2D eigenvalue weighted by Gasteiger charge is -2.13. The Labute approximate surface area is 155 Å². The number of halogens is 4. The van der Waals surface area contributed by atoms with Crippen LogP contribution in [0.5, 0.6) is 5.75 Å². The van der Waals surface area contributed by atoms with Gasteiger partial charge in [0.1, 0.15) is 11.6 Å². The lowest BCUT2D eigenvalue weighted by Crippen LogP contribution is -2.37. The fourth-order valence-electron chi connectivity index (χ4n) is 2.29. The number of aliphatic imine (C=N–C) groups is 1. The molecule has 0 radical (unpaired) electrons. The highest BCUT2D eigenvalue weighted by Crippen LogP contribution is 2.19. The summed E-state index contributed by atoms with van der Waals surface area (Å²) in [6.07, 6.45) is -3.67. The van der Waals surface area contributed by atoms with Gasteiger partial charge >= 0.3 is 6.18 Å². The molecule has 0 saturated heterocycles. The summed E-state index contributed by atoms with van der Waals surface area (Å²) in [5, 5.41) is 6.21. The summed E-state index contributed by atoms with van der Waals surface area (Å²) in [7, 11) is 1.62. The van der Waals surface area contributed by atoms with Crippen LogP contribution in [0, 0.1) is 5.82 Å². The van der Waals surface area contributed by atoms with E-state index in [1.807, 2.05) is 0 Å². The number of benzene rings is 2. The molecule has 2 N–H and O–H groups in total. The Balaban J connectivity index is 1.79. The fourth-order valence-corrected chi connectivity index (χ4v) is 2.29. The topological polar surface area (TPSA) is 45.7 Å². The van der Waals surface area contributed by atoms with Crippen molar-refractivity contribution in [2.24, 2.45) is 4.99 Å². The van der Waals surface area contributed by atoms with Crippen molar-refractivity contribution in [3.05, 3.63) is 65.5 Å². The molecule has 146 valence electrons. The fraction of sp³-hybridized carbons (Fsp3) is 0.316. The van der Waals surface area contributed by atoms with Crippen LogP contribution in [-0.4, -0.2) is 32.3 Å². The van der Waals surface area contributed by atoms with Crippen molar-refractivity contribution in [3.8, 4) is 5.75 Å². The Bertz CT molecular complexity index is 745. The Kier molecular flexibility index (Phi) is 7.45. The van der Waals surface area contributed by atoms with Crippen LogP contribution in [0.2, 0.25) is 0 Å². The highest BCUT2D eigenvalue weighted by atomic mass is 19.4. The zero-order valence-corrected chi connectivity index (χ0v) is 14.8. The van der Waals surface area contributed by atoms with Gasteiger partial charge in [0.25, 0.3) is 0 Å². The molecule has 8 heteroatoms. The number of hydrogen-bond acceptors (Lipinski definition) is 2. The molecule has 4 nitrogen and oxygen atoms in total. The number of nitrogens with one attached hydrogen (secondary N) is 2. The van der Waals surface area contributed by atoms with E-state index in [1.165, 1.54) is 18.2 Å². The summed E-state index contributed by atoms with van der Waals surface area (Å²) < 4.78 is 54.3. The third-order valence-corrected chi connectivity index (χ3v) is 3.60.